The van der Waals surface area contributed by atoms with Crippen LogP contribution in [0.25, 0.3) is 0 Å². The Morgan fingerprint density at radius 2 is 1.96 bits per heavy atom. The van der Waals surface area contributed by atoms with Crippen LogP contribution in [0.15, 0.2) is 12.1 Å². The number of aryl methyl sites for hydroxylation is 2. The van der Waals surface area contributed by atoms with Gasteiger partial charge in [0.25, 0.3) is 6.47 Å². The summed E-state index contributed by atoms with van der Waals surface area (Å²) in [7, 11) is 3.68. The monoisotopic (exact) mass is 363 g/mol. The first-order chi connectivity index (χ1) is 12.5. The third kappa shape index (κ3) is 4.57. The third-order valence-electron chi connectivity index (χ3n) is 5.89. The number of hydrogen-bond acceptors (Lipinski definition) is 4. The molecule has 1 saturated carbocycles. The molecule has 3 rings (SSSR count). The number of nitrogens with zero attached hydrogens (tertiary/aromatic N) is 1. The van der Waals surface area contributed by atoms with E-state index in [-0.39, 0.29) is 6.47 Å². The Kier molecular flexibility index (Phi) is 7.47. The van der Waals surface area contributed by atoms with Gasteiger partial charge in [0.2, 0.25) is 0 Å². The molecule has 0 amide bonds. The lowest BCUT2D eigenvalue weighted by Crippen LogP contribution is -2.47. The summed E-state index contributed by atoms with van der Waals surface area (Å²) in [6.45, 7) is 7.41. The predicted octanol–water partition coefficient (Wildman–Crippen LogP) is 3.79. The summed E-state index contributed by atoms with van der Waals surface area (Å²) in [5.41, 5.74) is 4.28. The first kappa shape index (κ1) is 20.7. The number of likely N-dealkylation sites (tertiary alicyclic amines) is 1. The van der Waals surface area contributed by atoms with Crippen molar-refractivity contribution in [2.75, 3.05) is 27.3 Å². The van der Waals surface area contributed by atoms with E-state index in [0.717, 1.165) is 12.3 Å². The van der Waals surface area contributed by atoms with Gasteiger partial charge in [0.1, 0.15) is 5.75 Å². The van der Waals surface area contributed by atoms with Crippen molar-refractivity contribution in [3.8, 4) is 5.75 Å². The summed E-state index contributed by atoms with van der Waals surface area (Å²) in [5.74, 6) is 1.06. The van der Waals surface area contributed by atoms with Gasteiger partial charge in [0, 0.05) is 31.2 Å². The Balaban J connectivity index is 0.000000758. The fourth-order valence-corrected chi connectivity index (χ4v) is 5.03. The van der Waals surface area contributed by atoms with Crippen LogP contribution in [0.3, 0.4) is 0 Å². The number of benzene rings is 1. The van der Waals surface area contributed by atoms with E-state index in [1.807, 2.05) is 7.11 Å². The minimum absolute atomic E-state index is 0.250. The highest BCUT2D eigenvalue weighted by Gasteiger charge is 2.45. The van der Waals surface area contributed by atoms with Crippen molar-refractivity contribution in [2.45, 2.75) is 58.6 Å². The SMILES string of the molecule is COc1c(C)cc(C)cc1CN1CCC[C@]2(CCC[C@H]2OC)C1.O=CO. The van der Waals surface area contributed by atoms with Gasteiger partial charge in [-0.15, -0.1) is 0 Å². The van der Waals surface area contributed by atoms with Crippen molar-refractivity contribution >= 4 is 6.47 Å². The number of ether oxygens (including phenoxy) is 2. The van der Waals surface area contributed by atoms with Crippen LogP contribution in [0.2, 0.25) is 0 Å². The van der Waals surface area contributed by atoms with Crippen LogP contribution in [0, 0.1) is 19.3 Å². The Hall–Kier alpha value is -1.59. The molecule has 26 heavy (non-hydrogen) atoms. The number of methoxy groups -OCH3 is 2. The fraction of sp³-hybridized carbons (Fsp3) is 0.667. The quantitative estimate of drug-likeness (QED) is 0.825. The molecule has 1 spiro atoms. The van der Waals surface area contributed by atoms with E-state index in [9.17, 15) is 0 Å². The molecule has 0 unspecified atom stereocenters. The van der Waals surface area contributed by atoms with Crippen molar-refractivity contribution in [1.29, 1.82) is 0 Å². The zero-order valence-corrected chi connectivity index (χ0v) is 16.6. The van der Waals surface area contributed by atoms with Gasteiger partial charge in [0.05, 0.1) is 13.2 Å². The van der Waals surface area contributed by atoms with Gasteiger partial charge in [-0.2, -0.15) is 0 Å². The van der Waals surface area contributed by atoms with Crippen molar-refractivity contribution in [1.82, 2.24) is 4.90 Å². The molecular weight excluding hydrogens is 330 g/mol. The molecule has 5 heteroatoms. The Bertz CT molecular complexity index is 604. The van der Waals surface area contributed by atoms with E-state index < -0.39 is 0 Å². The molecule has 0 bridgehead atoms. The highest BCUT2D eigenvalue weighted by Crippen LogP contribution is 2.46. The third-order valence-corrected chi connectivity index (χ3v) is 5.89. The molecule has 5 nitrogen and oxygen atoms in total. The average Bonchev–Trinajstić information content (AvgIpc) is 2.97. The zero-order chi connectivity index (χ0) is 19.2. The second-order valence-corrected chi connectivity index (χ2v) is 7.67. The number of rotatable bonds is 4. The molecule has 1 aliphatic carbocycles. The fourth-order valence-electron chi connectivity index (χ4n) is 5.03. The van der Waals surface area contributed by atoms with Crippen molar-refractivity contribution in [3.63, 3.8) is 0 Å². The smallest absolute Gasteiger partial charge is 0.290 e. The van der Waals surface area contributed by atoms with Crippen LogP contribution < -0.4 is 4.74 Å². The maximum Gasteiger partial charge on any atom is 0.290 e. The Labute approximate surface area is 157 Å². The lowest BCUT2D eigenvalue weighted by atomic mass is 9.76. The molecule has 0 aromatic heterocycles. The standard InChI is InChI=1S/C20H31NO2.CH2O2/c1-15-11-16(2)19(23-4)17(12-15)13-21-10-6-9-20(14-21)8-5-7-18(20)22-3;2-1-3/h11-12,18H,5-10,13-14H2,1-4H3;1H,(H,2,3)/t18-,20-;/m1./s1. The van der Waals surface area contributed by atoms with Crippen molar-refractivity contribution in [3.05, 3.63) is 28.8 Å². The molecule has 2 atom stereocenters. The molecule has 146 valence electrons. The van der Waals surface area contributed by atoms with E-state index >= 15 is 0 Å². The normalized spacial score (nSPS) is 25.6. The summed E-state index contributed by atoms with van der Waals surface area (Å²) in [6, 6.07) is 4.49. The summed E-state index contributed by atoms with van der Waals surface area (Å²) in [4.78, 5) is 11.0. The second-order valence-electron chi connectivity index (χ2n) is 7.67. The first-order valence-electron chi connectivity index (χ1n) is 9.46. The first-order valence-corrected chi connectivity index (χ1v) is 9.46. The molecule has 1 aromatic rings. The number of carboxylic acid groups (broad SMARTS) is 1. The molecule has 1 aliphatic heterocycles. The van der Waals surface area contributed by atoms with Crippen molar-refractivity contribution in [2.24, 2.45) is 5.41 Å². The van der Waals surface area contributed by atoms with Gasteiger partial charge < -0.3 is 14.6 Å². The van der Waals surface area contributed by atoms with E-state index in [1.54, 1.807) is 7.11 Å². The van der Waals surface area contributed by atoms with Gasteiger partial charge in [-0.1, -0.05) is 24.1 Å². The second kappa shape index (κ2) is 9.38. The van der Waals surface area contributed by atoms with Gasteiger partial charge in [-0.3, -0.25) is 9.69 Å². The van der Waals surface area contributed by atoms with E-state index in [4.69, 9.17) is 19.4 Å². The number of hydrogen-bond donors (Lipinski definition) is 1. The highest BCUT2D eigenvalue weighted by molar-refractivity contribution is 5.43. The molecular formula is C21H33NO4. The van der Waals surface area contributed by atoms with Crippen LogP contribution in [-0.4, -0.2) is 49.9 Å². The number of carbonyl (C=O) groups is 1. The molecule has 2 fully saturated rings. The van der Waals surface area contributed by atoms with E-state index in [2.05, 4.69) is 30.9 Å². The number of piperidine rings is 1. The largest absolute Gasteiger partial charge is 0.496 e. The van der Waals surface area contributed by atoms with Gasteiger partial charge >= 0.3 is 0 Å². The summed E-state index contributed by atoms with van der Waals surface area (Å²) in [6.07, 6.45) is 6.94. The van der Waals surface area contributed by atoms with Gasteiger partial charge in [-0.05, 0) is 51.6 Å². The topological polar surface area (TPSA) is 59.0 Å². The molecule has 0 radical (unpaired) electrons. The van der Waals surface area contributed by atoms with Gasteiger partial charge in [-0.25, -0.2) is 0 Å². The predicted molar refractivity (Wildman–Crippen MR) is 103 cm³/mol. The Morgan fingerprint density at radius 3 is 2.62 bits per heavy atom. The maximum absolute atomic E-state index is 8.36. The minimum Gasteiger partial charge on any atom is -0.496 e. The van der Waals surface area contributed by atoms with Crippen LogP contribution in [-0.2, 0) is 16.1 Å². The zero-order valence-electron chi connectivity index (χ0n) is 16.6. The summed E-state index contributed by atoms with van der Waals surface area (Å²) < 4.78 is 11.5. The van der Waals surface area contributed by atoms with E-state index in [1.165, 1.54) is 61.9 Å². The minimum atomic E-state index is -0.250. The van der Waals surface area contributed by atoms with Crippen LogP contribution >= 0.6 is 0 Å². The maximum atomic E-state index is 8.36. The molecule has 1 aromatic carbocycles. The van der Waals surface area contributed by atoms with Crippen LogP contribution in [0.1, 0.15) is 48.8 Å². The van der Waals surface area contributed by atoms with Crippen molar-refractivity contribution < 1.29 is 19.4 Å². The molecule has 1 saturated heterocycles. The summed E-state index contributed by atoms with van der Waals surface area (Å²) in [5, 5.41) is 6.89. The van der Waals surface area contributed by atoms with E-state index in [0.29, 0.717) is 11.5 Å². The lowest BCUT2D eigenvalue weighted by molar-refractivity contribution is -0.122. The van der Waals surface area contributed by atoms with Crippen LogP contribution in [0.5, 0.6) is 5.75 Å². The molecule has 1 heterocycles. The lowest BCUT2D eigenvalue weighted by Gasteiger charge is -2.44. The summed E-state index contributed by atoms with van der Waals surface area (Å²) >= 11 is 0. The molecule has 2 aliphatic rings. The van der Waals surface area contributed by atoms with Crippen LogP contribution in [0.4, 0.5) is 0 Å². The molecule has 1 N–H and O–H groups in total. The Morgan fingerprint density at radius 1 is 1.27 bits per heavy atom. The average molecular weight is 363 g/mol. The van der Waals surface area contributed by atoms with Gasteiger partial charge in [0.15, 0.2) is 0 Å². The highest BCUT2D eigenvalue weighted by atomic mass is 16.5.